The Kier molecular flexibility index (Phi) is 2.76. The molecule has 3 N–H and O–H groups in total. The fourth-order valence-electron chi connectivity index (χ4n) is 5.51. The van der Waals surface area contributed by atoms with Crippen LogP contribution in [0.25, 0.3) is 0 Å². The van der Waals surface area contributed by atoms with Crippen LogP contribution in [0.3, 0.4) is 0 Å². The summed E-state index contributed by atoms with van der Waals surface area (Å²) in [6, 6.07) is 7.70. The fraction of sp³-hybridized carbons (Fsp3) is 0.684. The number of hydrogen-bond acceptors (Lipinski definition) is 2. The molecule has 3 aliphatic rings. The molecule has 2 saturated carbocycles. The predicted octanol–water partition coefficient (Wildman–Crippen LogP) is 4.06. The Morgan fingerprint density at radius 3 is 2.67 bits per heavy atom. The van der Waals surface area contributed by atoms with E-state index in [1.54, 1.807) is 0 Å². The van der Waals surface area contributed by atoms with Gasteiger partial charge < -0.3 is 11.1 Å². The first kappa shape index (κ1) is 13.6. The molecule has 0 radical (unpaired) electrons. The van der Waals surface area contributed by atoms with Crippen molar-refractivity contribution >= 4 is 5.69 Å². The monoisotopic (exact) mass is 284 g/mol. The fourth-order valence-corrected chi connectivity index (χ4v) is 5.51. The van der Waals surface area contributed by atoms with Crippen LogP contribution in [0.4, 0.5) is 5.69 Å². The molecule has 0 spiro atoms. The van der Waals surface area contributed by atoms with Crippen molar-refractivity contribution in [1.82, 2.24) is 5.32 Å². The molecule has 0 aromatic heterocycles. The van der Waals surface area contributed by atoms with Gasteiger partial charge in [0.1, 0.15) is 0 Å². The van der Waals surface area contributed by atoms with Gasteiger partial charge in [-0.15, -0.1) is 0 Å². The van der Waals surface area contributed by atoms with E-state index in [-0.39, 0.29) is 0 Å². The standard InChI is InChI=1S/C19H28N2/c1-18(2)13-8-9-19(18,3)17(11-13)21-16-7-4-12-10-14(20)5-6-15(12)16/h5-6,10,13,16-17,21H,4,7-9,11,20H2,1-3H3. The minimum Gasteiger partial charge on any atom is -0.399 e. The van der Waals surface area contributed by atoms with Crippen molar-refractivity contribution in [2.45, 2.75) is 65.0 Å². The van der Waals surface area contributed by atoms with E-state index in [0.717, 1.165) is 11.6 Å². The third-order valence-corrected chi connectivity index (χ3v) is 7.44. The number of hydrogen-bond donors (Lipinski definition) is 2. The highest BCUT2D eigenvalue weighted by Gasteiger charge is 2.61. The Hall–Kier alpha value is -1.02. The Morgan fingerprint density at radius 1 is 1.19 bits per heavy atom. The summed E-state index contributed by atoms with van der Waals surface area (Å²) < 4.78 is 0. The summed E-state index contributed by atoms with van der Waals surface area (Å²) in [5.41, 5.74) is 10.7. The van der Waals surface area contributed by atoms with Gasteiger partial charge in [-0.1, -0.05) is 26.8 Å². The van der Waals surface area contributed by atoms with E-state index in [2.05, 4.69) is 44.3 Å². The first-order chi connectivity index (χ1) is 9.92. The number of benzene rings is 1. The average Bonchev–Trinajstić information content (AvgIpc) is 2.98. The van der Waals surface area contributed by atoms with Crippen LogP contribution in [0.15, 0.2) is 18.2 Å². The molecular weight excluding hydrogens is 256 g/mol. The Balaban J connectivity index is 1.57. The second-order valence-corrected chi connectivity index (χ2v) is 8.38. The third kappa shape index (κ3) is 1.75. The zero-order valence-electron chi connectivity index (χ0n) is 13.6. The third-order valence-electron chi connectivity index (χ3n) is 7.44. The van der Waals surface area contributed by atoms with Crippen molar-refractivity contribution in [1.29, 1.82) is 0 Å². The molecule has 0 saturated heterocycles. The molecule has 114 valence electrons. The van der Waals surface area contributed by atoms with E-state index >= 15 is 0 Å². The van der Waals surface area contributed by atoms with E-state index in [1.165, 1.54) is 43.2 Å². The van der Waals surface area contributed by atoms with Crippen molar-refractivity contribution < 1.29 is 0 Å². The minimum absolute atomic E-state index is 0.466. The molecule has 4 atom stereocenters. The smallest absolute Gasteiger partial charge is 0.0328 e. The van der Waals surface area contributed by atoms with Crippen LogP contribution in [0.2, 0.25) is 0 Å². The minimum atomic E-state index is 0.466. The normalized spacial score (nSPS) is 39.7. The summed E-state index contributed by atoms with van der Waals surface area (Å²) in [6.45, 7) is 7.52. The van der Waals surface area contributed by atoms with E-state index in [4.69, 9.17) is 5.73 Å². The molecule has 2 bridgehead atoms. The van der Waals surface area contributed by atoms with Crippen LogP contribution in [0.1, 0.15) is 63.6 Å². The summed E-state index contributed by atoms with van der Waals surface area (Å²) in [7, 11) is 0. The largest absolute Gasteiger partial charge is 0.399 e. The number of nitrogen functional groups attached to an aromatic ring is 1. The maximum absolute atomic E-state index is 5.93. The van der Waals surface area contributed by atoms with Gasteiger partial charge in [-0.25, -0.2) is 0 Å². The topological polar surface area (TPSA) is 38.0 Å². The molecule has 4 unspecified atom stereocenters. The maximum Gasteiger partial charge on any atom is 0.0328 e. The Morgan fingerprint density at radius 2 is 2.00 bits per heavy atom. The summed E-state index contributed by atoms with van der Waals surface area (Å²) in [5.74, 6) is 0.910. The summed E-state index contributed by atoms with van der Waals surface area (Å²) in [4.78, 5) is 0. The van der Waals surface area contributed by atoms with Crippen LogP contribution < -0.4 is 11.1 Å². The number of nitrogens with two attached hydrogens (primary N) is 1. The molecule has 2 heteroatoms. The van der Waals surface area contributed by atoms with Gasteiger partial charge in [0, 0.05) is 17.8 Å². The molecule has 2 fully saturated rings. The van der Waals surface area contributed by atoms with E-state index < -0.39 is 0 Å². The lowest BCUT2D eigenvalue weighted by atomic mass is 9.69. The van der Waals surface area contributed by atoms with Gasteiger partial charge in [-0.2, -0.15) is 0 Å². The van der Waals surface area contributed by atoms with Gasteiger partial charge in [0.2, 0.25) is 0 Å². The van der Waals surface area contributed by atoms with Gasteiger partial charge in [0.15, 0.2) is 0 Å². The van der Waals surface area contributed by atoms with Gasteiger partial charge in [-0.05, 0) is 72.1 Å². The highest BCUT2D eigenvalue weighted by atomic mass is 15.0. The van der Waals surface area contributed by atoms with Crippen LogP contribution in [-0.4, -0.2) is 6.04 Å². The predicted molar refractivity (Wildman–Crippen MR) is 88.1 cm³/mol. The lowest BCUT2D eigenvalue weighted by molar-refractivity contribution is 0.115. The molecule has 4 rings (SSSR count). The zero-order chi connectivity index (χ0) is 14.8. The first-order valence-corrected chi connectivity index (χ1v) is 8.56. The lowest BCUT2D eigenvalue weighted by Gasteiger charge is -2.41. The van der Waals surface area contributed by atoms with Gasteiger partial charge in [0.25, 0.3) is 0 Å². The van der Waals surface area contributed by atoms with Crippen LogP contribution in [-0.2, 0) is 6.42 Å². The Bertz CT molecular complexity index is 577. The molecule has 0 aliphatic heterocycles. The lowest BCUT2D eigenvalue weighted by Crippen LogP contribution is -2.45. The quantitative estimate of drug-likeness (QED) is 0.804. The molecule has 1 aromatic rings. The number of nitrogens with one attached hydrogen (secondary N) is 1. The van der Waals surface area contributed by atoms with Crippen molar-refractivity contribution in [3.63, 3.8) is 0 Å². The van der Waals surface area contributed by atoms with Crippen molar-refractivity contribution in [3.05, 3.63) is 29.3 Å². The van der Waals surface area contributed by atoms with Crippen LogP contribution in [0, 0.1) is 16.7 Å². The SMILES string of the molecule is CC1(C)C2CCC1(C)C(NC1CCc3cc(N)ccc31)C2. The molecule has 0 heterocycles. The first-order valence-electron chi connectivity index (χ1n) is 8.56. The van der Waals surface area contributed by atoms with E-state index in [9.17, 15) is 0 Å². The van der Waals surface area contributed by atoms with Crippen molar-refractivity contribution in [2.24, 2.45) is 16.7 Å². The molecule has 21 heavy (non-hydrogen) atoms. The second kappa shape index (κ2) is 4.25. The van der Waals surface area contributed by atoms with Gasteiger partial charge in [0.05, 0.1) is 0 Å². The maximum atomic E-state index is 5.93. The van der Waals surface area contributed by atoms with Crippen molar-refractivity contribution in [3.8, 4) is 0 Å². The molecule has 3 aliphatic carbocycles. The van der Waals surface area contributed by atoms with Crippen molar-refractivity contribution in [2.75, 3.05) is 5.73 Å². The molecule has 1 aromatic carbocycles. The van der Waals surface area contributed by atoms with Gasteiger partial charge >= 0.3 is 0 Å². The van der Waals surface area contributed by atoms with E-state index in [0.29, 0.717) is 22.9 Å². The number of aryl methyl sites for hydroxylation is 1. The summed E-state index contributed by atoms with van der Waals surface area (Å²) in [6.07, 6.45) is 6.60. The van der Waals surface area contributed by atoms with E-state index in [1.807, 2.05) is 0 Å². The Labute approximate surface area is 128 Å². The average molecular weight is 284 g/mol. The molecular formula is C19H28N2. The highest BCUT2D eigenvalue weighted by molar-refractivity contribution is 5.47. The van der Waals surface area contributed by atoms with Crippen LogP contribution in [0.5, 0.6) is 0 Å². The molecule has 2 nitrogen and oxygen atoms in total. The second-order valence-electron chi connectivity index (χ2n) is 8.38. The number of rotatable bonds is 2. The van der Waals surface area contributed by atoms with Gasteiger partial charge in [-0.3, -0.25) is 0 Å². The number of fused-ring (bicyclic) bond motifs is 3. The molecule has 0 amide bonds. The number of anilines is 1. The van der Waals surface area contributed by atoms with Crippen LogP contribution >= 0.6 is 0 Å². The highest BCUT2D eigenvalue weighted by Crippen LogP contribution is 2.65. The zero-order valence-corrected chi connectivity index (χ0v) is 13.6. The summed E-state index contributed by atoms with van der Waals surface area (Å²) >= 11 is 0. The summed E-state index contributed by atoms with van der Waals surface area (Å²) in [5, 5.41) is 4.04.